The van der Waals surface area contributed by atoms with Crippen LogP contribution >= 0.6 is 11.6 Å². The third-order valence-corrected chi connectivity index (χ3v) is 3.16. The quantitative estimate of drug-likeness (QED) is 0.658. The van der Waals surface area contributed by atoms with Crippen LogP contribution in [0.3, 0.4) is 0 Å². The van der Waals surface area contributed by atoms with Crippen LogP contribution in [-0.2, 0) is 6.42 Å². The van der Waals surface area contributed by atoms with Gasteiger partial charge in [-0.3, -0.25) is 4.98 Å². The number of aryl methyl sites for hydroxylation is 2. The maximum Gasteiger partial charge on any atom is 0.223 e. The van der Waals surface area contributed by atoms with Crippen LogP contribution < -0.4 is 11.1 Å². The lowest BCUT2D eigenvalue weighted by molar-refractivity contribution is 0.998. The van der Waals surface area contributed by atoms with E-state index in [9.17, 15) is 0 Å². The minimum absolute atomic E-state index is 0.112. The van der Waals surface area contributed by atoms with Crippen molar-refractivity contribution in [1.29, 1.82) is 0 Å². The first-order chi connectivity index (χ1) is 10.0. The van der Waals surface area contributed by atoms with Gasteiger partial charge in [-0.25, -0.2) is 0 Å². The molecule has 2 aromatic rings. The van der Waals surface area contributed by atoms with Gasteiger partial charge in [0.2, 0.25) is 5.95 Å². The van der Waals surface area contributed by atoms with Gasteiger partial charge in [-0.1, -0.05) is 30.4 Å². The second kappa shape index (κ2) is 6.42. The van der Waals surface area contributed by atoms with Crippen LogP contribution in [0.2, 0.25) is 5.15 Å². The Labute approximate surface area is 129 Å². The molecule has 108 valence electrons. The van der Waals surface area contributed by atoms with Crippen molar-refractivity contribution in [3.05, 3.63) is 39.8 Å². The van der Waals surface area contributed by atoms with E-state index in [1.807, 2.05) is 26.0 Å². The summed E-state index contributed by atoms with van der Waals surface area (Å²) in [5.41, 5.74) is 8.90. The number of nitrogens with two attached hydrogens (primary N) is 1. The van der Waals surface area contributed by atoms with Gasteiger partial charge in [0.05, 0.1) is 5.69 Å². The molecule has 0 unspecified atom stereocenters. The Balaban J connectivity index is 2.49. The van der Waals surface area contributed by atoms with E-state index < -0.39 is 0 Å². The van der Waals surface area contributed by atoms with E-state index in [2.05, 4.69) is 32.1 Å². The minimum atomic E-state index is 0.112. The number of aromatic nitrogens is 3. The lowest BCUT2D eigenvalue weighted by Gasteiger charge is -2.05. The fourth-order valence-corrected chi connectivity index (χ4v) is 2.09. The first-order valence-electron chi connectivity index (χ1n) is 6.54. The van der Waals surface area contributed by atoms with Gasteiger partial charge in [0.15, 0.2) is 5.15 Å². The average molecular weight is 302 g/mol. The second-order valence-electron chi connectivity index (χ2n) is 4.40. The Bertz CT molecular complexity index is 731. The van der Waals surface area contributed by atoms with Crippen LogP contribution in [0.5, 0.6) is 0 Å². The number of hydrogen-bond acceptors (Lipinski definition) is 5. The van der Waals surface area contributed by atoms with E-state index in [4.69, 9.17) is 17.3 Å². The highest BCUT2D eigenvalue weighted by Gasteiger charge is 2.09. The molecule has 2 aromatic heterocycles. The molecule has 5 nitrogen and oxygen atoms in total. The number of hydrogen-bond donors (Lipinski definition) is 2. The maximum atomic E-state index is 6.09. The van der Waals surface area contributed by atoms with Crippen molar-refractivity contribution >= 4 is 23.4 Å². The Hall–Kier alpha value is -2.32. The van der Waals surface area contributed by atoms with E-state index in [0.717, 1.165) is 23.4 Å². The number of pyridine rings is 1. The van der Waals surface area contributed by atoms with Crippen LogP contribution in [0.1, 0.15) is 29.4 Å². The van der Waals surface area contributed by atoms with E-state index in [0.29, 0.717) is 11.4 Å². The van der Waals surface area contributed by atoms with Gasteiger partial charge in [0, 0.05) is 18.3 Å². The lowest BCUT2D eigenvalue weighted by atomic mass is 10.1. The molecule has 21 heavy (non-hydrogen) atoms. The molecule has 0 aliphatic heterocycles. The van der Waals surface area contributed by atoms with Crippen molar-refractivity contribution in [2.24, 2.45) is 0 Å². The zero-order valence-electron chi connectivity index (χ0n) is 12.2. The van der Waals surface area contributed by atoms with E-state index >= 15 is 0 Å². The van der Waals surface area contributed by atoms with Crippen LogP contribution in [0.4, 0.5) is 11.8 Å². The van der Waals surface area contributed by atoms with Crippen LogP contribution in [0.15, 0.2) is 12.1 Å². The number of anilines is 2. The molecule has 0 aliphatic rings. The number of rotatable bonds is 2. The SMILES string of the molecule is CCc1nc(C)ccc1C#Cc1c(Cl)nc(N)nc1NC. The summed E-state index contributed by atoms with van der Waals surface area (Å²) in [4.78, 5) is 12.5. The summed E-state index contributed by atoms with van der Waals surface area (Å²) in [6.45, 7) is 4.01. The molecule has 2 heterocycles. The van der Waals surface area contributed by atoms with Crippen molar-refractivity contribution in [2.75, 3.05) is 18.1 Å². The molecule has 0 radical (unpaired) electrons. The Kier molecular flexibility index (Phi) is 4.61. The summed E-state index contributed by atoms with van der Waals surface area (Å²) in [6, 6.07) is 3.89. The molecule has 0 aromatic carbocycles. The second-order valence-corrected chi connectivity index (χ2v) is 4.75. The molecule has 3 N–H and O–H groups in total. The highest BCUT2D eigenvalue weighted by molar-refractivity contribution is 6.31. The van der Waals surface area contributed by atoms with Crippen LogP contribution in [0.25, 0.3) is 0 Å². The van der Waals surface area contributed by atoms with Crippen LogP contribution in [0, 0.1) is 18.8 Å². The largest absolute Gasteiger partial charge is 0.372 e. The molecular weight excluding hydrogens is 286 g/mol. The Morgan fingerprint density at radius 3 is 2.67 bits per heavy atom. The molecule has 0 spiro atoms. The van der Waals surface area contributed by atoms with Gasteiger partial charge < -0.3 is 11.1 Å². The smallest absolute Gasteiger partial charge is 0.223 e. The Morgan fingerprint density at radius 2 is 2.00 bits per heavy atom. The molecule has 0 saturated heterocycles. The first-order valence-corrected chi connectivity index (χ1v) is 6.92. The van der Waals surface area contributed by atoms with Gasteiger partial charge in [-0.2, -0.15) is 9.97 Å². The highest BCUT2D eigenvalue weighted by atomic mass is 35.5. The van der Waals surface area contributed by atoms with Crippen molar-refractivity contribution in [3.8, 4) is 11.8 Å². The third kappa shape index (κ3) is 3.41. The molecule has 6 heteroatoms. The standard InChI is InChI=1S/C15H16ClN5/c1-4-12-10(6-5-9(2)19-12)7-8-11-13(16)20-15(17)21-14(11)18-3/h5-6H,4H2,1-3H3,(H3,17,18,20,21). The van der Waals surface area contributed by atoms with Crippen molar-refractivity contribution in [1.82, 2.24) is 15.0 Å². The highest BCUT2D eigenvalue weighted by Crippen LogP contribution is 2.20. The van der Waals surface area contributed by atoms with Gasteiger partial charge in [-0.05, 0) is 25.5 Å². The summed E-state index contributed by atoms with van der Waals surface area (Å²) in [5.74, 6) is 6.71. The summed E-state index contributed by atoms with van der Waals surface area (Å²) >= 11 is 6.09. The molecule has 2 rings (SSSR count). The van der Waals surface area contributed by atoms with Crippen molar-refractivity contribution in [3.63, 3.8) is 0 Å². The molecule has 0 amide bonds. The van der Waals surface area contributed by atoms with Gasteiger partial charge in [0.25, 0.3) is 0 Å². The van der Waals surface area contributed by atoms with E-state index in [1.165, 1.54) is 0 Å². The van der Waals surface area contributed by atoms with E-state index in [1.54, 1.807) is 7.05 Å². The molecule has 0 atom stereocenters. The zero-order valence-corrected chi connectivity index (χ0v) is 12.9. The fourth-order valence-electron chi connectivity index (χ4n) is 1.86. The number of halogens is 1. The summed E-state index contributed by atoms with van der Waals surface area (Å²) in [5, 5.41) is 3.15. The molecule has 0 aliphatic carbocycles. The normalized spacial score (nSPS) is 9.90. The van der Waals surface area contributed by atoms with Gasteiger partial charge >= 0.3 is 0 Å². The predicted octanol–water partition coefficient (Wildman–Crippen LogP) is 2.42. The fraction of sp³-hybridized carbons (Fsp3) is 0.267. The zero-order chi connectivity index (χ0) is 15.4. The third-order valence-electron chi connectivity index (χ3n) is 2.89. The Morgan fingerprint density at radius 1 is 1.24 bits per heavy atom. The maximum absolute atomic E-state index is 6.09. The summed E-state index contributed by atoms with van der Waals surface area (Å²) in [7, 11) is 1.73. The van der Waals surface area contributed by atoms with E-state index in [-0.39, 0.29) is 11.1 Å². The van der Waals surface area contributed by atoms with Crippen molar-refractivity contribution < 1.29 is 0 Å². The first kappa shape index (κ1) is 15.1. The minimum Gasteiger partial charge on any atom is -0.372 e. The number of nitrogens with zero attached hydrogens (tertiary/aromatic N) is 3. The molecule has 0 bridgehead atoms. The average Bonchev–Trinajstić information content (AvgIpc) is 2.46. The number of nitrogen functional groups attached to an aromatic ring is 1. The molecule has 0 fully saturated rings. The monoisotopic (exact) mass is 301 g/mol. The number of nitrogens with one attached hydrogen (secondary N) is 1. The lowest BCUT2D eigenvalue weighted by Crippen LogP contribution is -2.03. The van der Waals surface area contributed by atoms with Gasteiger partial charge in [0.1, 0.15) is 11.4 Å². The molecule has 0 saturated carbocycles. The topological polar surface area (TPSA) is 76.7 Å². The van der Waals surface area contributed by atoms with Crippen molar-refractivity contribution in [2.45, 2.75) is 20.3 Å². The molecular formula is C15H16ClN5. The summed E-state index contributed by atoms with van der Waals surface area (Å²) < 4.78 is 0. The van der Waals surface area contributed by atoms with Gasteiger partial charge in [-0.15, -0.1) is 0 Å². The summed E-state index contributed by atoms with van der Waals surface area (Å²) in [6.07, 6.45) is 0.816. The predicted molar refractivity (Wildman–Crippen MR) is 85.3 cm³/mol. The van der Waals surface area contributed by atoms with Crippen LogP contribution in [-0.4, -0.2) is 22.0 Å².